The summed E-state index contributed by atoms with van der Waals surface area (Å²) in [6, 6.07) is 8.54. The molecule has 0 aliphatic rings. The van der Waals surface area contributed by atoms with Gasteiger partial charge in [0.05, 0.1) is 5.69 Å². The smallest absolute Gasteiger partial charge is 0.308 e. The molecule has 2 aromatic carbocycles. The summed E-state index contributed by atoms with van der Waals surface area (Å²) in [7, 11) is 0. The van der Waals surface area contributed by atoms with E-state index < -0.39 is 17.7 Å². The van der Waals surface area contributed by atoms with E-state index in [1.807, 2.05) is 25.1 Å². The predicted octanol–water partition coefficient (Wildman–Crippen LogP) is 4.48. The van der Waals surface area contributed by atoms with Crippen LogP contribution >= 0.6 is 11.6 Å². The third-order valence-electron chi connectivity index (χ3n) is 3.72. The first-order valence-electron chi connectivity index (χ1n) is 7.59. The first kappa shape index (κ1) is 17.8. The number of halogens is 2. The van der Waals surface area contributed by atoms with E-state index >= 15 is 0 Å². The standard InChI is InChI=1S/C17H15ClFN5O2/c1-8-5-11-6-12(4-3-10(11)7-13(8)18)21-17(25)23-16-20-9(2)14(19)15(22-16)24-26/h3-7,26H,1-2H3,(H3,20,21,22,23,24,25). The van der Waals surface area contributed by atoms with Gasteiger partial charge >= 0.3 is 6.03 Å². The number of nitrogens with one attached hydrogen (secondary N) is 3. The summed E-state index contributed by atoms with van der Waals surface area (Å²) in [6.07, 6.45) is 0. The van der Waals surface area contributed by atoms with Crippen LogP contribution in [0.3, 0.4) is 0 Å². The summed E-state index contributed by atoms with van der Waals surface area (Å²) in [5, 5.41) is 16.4. The maximum Gasteiger partial charge on any atom is 0.326 e. The number of rotatable bonds is 3. The van der Waals surface area contributed by atoms with Gasteiger partial charge in [-0.3, -0.25) is 10.5 Å². The lowest BCUT2D eigenvalue weighted by molar-refractivity contribution is 0.262. The van der Waals surface area contributed by atoms with Gasteiger partial charge in [-0.1, -0.05) is 17.7 Å². The fourth-order valence-electron chi connectivity index (χ4n) is 2.41. The van der Waals surface area contributed by atoms with Crippen molar-refractivity contribution in [1.82, 2.24) is 9.97 Å². The van der Waals surface area contributed by atoms with Crippen LogP contribution in [0.15, 0.2) is 30.3 Å². The Morgan fingerprint density at radius 3 is 2.62 bits per heavy atom. The van der Waals surface area contributed by atoms with Crippen LogP contribution in [0.25, 0.3) is 10.8 Å². The molecule has 0 aliphatic carbocycles. The average Bonchev–Trinajstić information content (AvgIpc) is 2.59. The molecule has 134 valence electrons. The molecule has 9 heteroatoms. The highest BCUT2D eigenvalue weighted by molar-refractivity contribution is 6.32. The number of fused-ring (bicyclic) bond motifs is 1. The van der Waals surface area contributed by atoms with E-state index in [-0.39, 0.29) is 11.6 Å². The van der Waals surface area contributed by atoms with Gasteiger partial charge in [-0.25, -0.2) is 19.6 Å². The minimum Gasteiger partial charge on any atom is -0.308 e. The molecule has 4 N–H and O–H groups in total. The predicted molar refractivity (Wildman–Crippen MR) is 98.5 cm³/mol. The largest absolute Gasteiger partial charge is 0.326 e. The lowest BCUT2D eigenvalue weighted by Gasteiger charge is -2.10. The minimum atomic E-state index is -0.804. The Morgan fingerprint density at radius 2 is 1.88 bits per heavy atom. The molecule has 0 saturated carbocycles. The molecule has 7 nitrogen and oxygen atoms in total. The number of hydrogen-bond donors (Lipinski definition) is 4. The van der Waals surface area contributed by atoms with Crippen molar-refractivity contribution in [3.05, 3.63) is 52.4 Å². The Morgan fingerprint density at radius 1 is 1.12 bits per heavy atom. The molecule has 1 aromatic heterocycles. The Hall–Kier alpha value is -2.97. The van der Waals surface area contributed by atoms with Crippen molar-refractivity contribution < 1.29 is 14.4 Å². The number of anilines is 3. The van der Waals surface area contributed by atoms with Crippen LogP contribution in [0.1, 0.15) is 11.3 Å². The first-order chi connectivity index (χ1) is 12.4. The van der Waals surface area contributed by atoms with Crippen molar-refractivity contribution in [3.63, 3.8) is 0 Å². The van der Waals surface area contributed by atoms with Gasteiger partial charge in [0, 0.05) is 10.7 Å². The molecular weight excluding hydrogens is 361 g/mol. The summed E-state index contributed by atoms with van der Waals surface area (Å²) in [4.78, 5) is 19.6. The summed E-state index contributed by atoms with van der Waals surface area (Å²) in [6.45, 7) is 3.29. The monoisotopic (exact) mass is 375 g/mol. The average molecular weight is 376 g/mol. The van der Waals surface area contributed by atoms with Gasteiger partial charge in [0.25, 0.3) is 0 Å². The van der Waals surface area contributed by atoms with Gasteiger partial charge in [0.1, 0.15) is 0 Å². The molecule has 0 unspecified atom stereocenters. The van der Waals surface area contributed by atoms with Crippen LogP contribution in [0.2, 0.25) is 5.02 Å². The molecule has 2 amide bonds. The third kappa shape index (κ3) is 3.66. The number of carbonyl (C=O) groups is 1. The number of amides is 2. The van der Waals surface area contributed by atoms with Crippen LogP contribution in [0.5, 0.6) is 0 Å². The van der Waals surface area contributed by atoms with Gasteiger partial charge in [-0.2, -0.15) is 4.98 Å². The van der Waals surface area contributed by atoms with Gasteiger partial charge in [0.2, 0.25) is 5.95 Å². The second-order valence-corrected chi connectivity index (χ2v) is 6.06. The molecule has 0 atom stereocenters. The number of urea groups is 1. The Bertz CT molecular complexity index is 1010. The summed E-state index contributed by atoms with van der Waals surface area (Å²) >= 11 is 6.11. The van der Waals surface area contributed by atoms with Gasteiger partial charge < -0.3 is 5.32 Å². The summed E-state index contributed by atoms with van der Waals surface area (Å²) in [5.41, 5.74) is 3.08. The van der Waals surface area contributed by atoms with Gasteiger partial charge in [-0.05, 0) is 54.4 Å². The second-order valence-electron chi connectivity index (χ2n) is 5.65. The molecule has 0 fully saturated rings. The Labute approximate surface area is 153 Å². The highest BCUT2D eigenvalue weighted by atomic mass is 35.5. The summed E-state index contributed by atoms with van der Waals surface area (Å²) < 4.78 is 13.6. The van der Waals surface area contributed by atoms with Crippen molar-refractivity contribution in [1.29, 1.82) is 0 Å². The molecule has 0 radical (unpaired) electrons. The van der Waals surface area contributed by atoms with E-state index in [0.717, 1.165) is 16.3 Å². The lowest BCUT2D eigenvalue weighted by Crippen LogP contribution is -2.21. The molecule has 0 aliphatic heterocycles. The van der Waals surface area contributed by atoms with E-state index in [1.54, 1.807) is 17.6 Å². The Kier molecular flexibility index (Phi) is 4.88. The normalized spacial score (nSPS) is 10.7. The molecule has 26 heavy (non-hydrogen) atoms. The van der Waals surface area contributed by atoms with Crippen molar-refractivity contribution in [2.75, 3.05) is 16.1 Å². The molecule has 0 bridgehead atoms. The van der Waals surface area contributed by atoms with Crippen LogP contribution in [0, 0.1) is 19.7 Å². The fraction of sp³-hybridized carbons (Fsp3) is 0.118. The quantitative estimate of drug-likeness (QED) is 0.506. The zero-order valence-corrected chi connectivity index (χ0v) is 14.6. The maximum absolute atomic E-state index is 13.6. The van der Waals surface area contributed by atoms with Crippen molar-refractivity contribution >= 4 is 45.9 Å². The number of benzene rings is 2. The van der Waals surface area contributed by atoms with Crippen molar-refractivity contribution in [3.8, 4) is 0 Å². The van der Waals surface area contributed by atoms with Gasteiger partial charge in [0.15, 0.2) is 11.6 Å². The number of carbonyl (C=O) groups excluding carboxylic acids is 1. The third-order valence-corrected chi connectivity index (χ3v) is 4.13. The highest BCUT2D eigenvalue weighted by Crippen LogP contribution is 2.26. The van der Waals surface area contributed by atoms with E-state index in [9.17, 15) is 9.18 Å². The molecule has 3 rings (SSSR count). The molecule has 0 saturated heterocycles. The highest BCUT2D eigenvalue weighted by Gasteiger charge is 2.13. The SMILES string of the molecule is Cc1cc2cc(NC(=O)Nc3nc(C)c(F)c(NO)n3)ccc2cc1Cl. The van der Waals surface area contributed by atoms with Crippen LogP contribution < -0.4 is 16.1 Å². The molecule has 3 aromatic rings. The van der Waals surface area contributed by atoms with Gasteiger partial charge in [-0.15, -0.1) is 0 Å². The first-order valence-corrected chi connectivity index (χ1v) is 7.97. The number of hydrogen-bond acceptors (Lipinski definition) is 5. The number of aryl methyl sites for hydroxylation is 2. The van der Waals surface area contributed by atoms with Crippen molar-refractivity contribution in [2.24, 2.45) is 0 Å². The number of nitrogens with zero attached hydrogens (tertiary/aromatic N) is 2. The molecule has 0 spiro atoms. The second kappa shape index (κ2) is 7.11. The molecular formula is C17H15ClFN5O2. The van der Waals surface area contributed by atoms with E-state index in [1.165, 1.54) is 6.92 Å². The topological polar surface area (TPSA) is 99.2 Å². The van der Waals surface area contributed by atoms with Crippen LogP contribution in [0.4, 0.5) is 26.6 Å². The van der Waals surface area contributed by atoms with Crippen LogP contribution in [-0.4, -0.2) is 21.2 Å². The lowest BCUT2D eigenvalue weighted by atomic mass is 10.1. The van der Waals surface area contributed by atoms with Crippen molar-refractivity contribution in [2.45, 2.75) is 13.8 Å². The fourth-order valence-corrected chi connectivity index (χ4v) is 2.59. The van der Waals surface area contributed by atoms with E-state index in [0.29, 0.717) is 10.7 Å². The van der Waals surface area contributed by atoms with E-state index in [2.05, 4.69) is 20.6 Å². The zero-order valence-electron chi connectivity index (χ0n) is 13.9. The maximum atomic E-state index is 13.6. The zero-order chi connectivity index (χ0) is 18.8. The minimum absolute atomic E-state index is 0.0232. The summed E-state index contributed by atoms with van der Waals surface area (Å²) in [5.74, 6) is -1.38. The number of aromatic nitrogens is 2. The Balaban J connectivity index is 1.79. The molecule has 1 heterocycles. The van der Waals surface area contributed by atoms with Crippen LogP contribution in [-0.2, 0) is 0 Å². The van der Waals surface area contributed by atoms with E-state index in [4.69, 9.17) is 16.8 Å².